The minimum absolute atomic E-state index is 0.0299. The van der Waals surface area contributed by atoms with Gasteiger partial charge in [0.1, 0.15) is 21.2 Å². The summed E-state index contributed by atoms with van der Waals surface area (Å²) in [6.45, 7) is 3.97. The van der Waals surface area contributed by atoms with E-state index in [4.69, 9.17) is 28.8 Å². The van der Waals surface area contributed by atoms with Crippen molar-refractivity contribution in [2.75, 3.05) is 0 Å². The summed E-state index contributed by atoms with van der Waals surface area (Å²) in [6, 6.07) is 0. The average molecular weight is 303 g/mol. The van der Waals surface area contributed by atoms with Crippen LogP contribution in [0.3, 0.4) is 0 Å². The van der Waals surface area contributed by atoms with Crippen molar-refractivity contribution in [2.45, 2.75) is 38.3 Å². The van der Waals surface area contributed by atoms with Gasteiger partial charge in [-0.25, -0.2) is 0 Å². The number of aliphatic hydroxyl groups excluding tert-OH is 1. The second-order valence-electron chi connectivity index (χ2n) is 4.35. The first-order valence-electron chi connectivity index (χ1n) is 5.67. The van der Waals surface area contributed by atoms with Crippen molar-refractivity contribution in [2.24, 2.45) is 11.8 Å². The van der Waals surface area contributed by atoms with Gasteiger partial charge in [0.25, 0.3) is 0 Å². The van der Waals surface area contributed by atoms with Gasteiger partial charge >= 0.3 is 7.20 Å². The molecule has 0 heterocycles. The zero-order chi connectivity index (χ0) is 13.7. The Morgan fingerprint density at radius 2 is 1.61 bits per heavy atom. The molecule has 9 unspecified atom stereocenters. The van der Waals surface area contributed by atoms with Gasteiger partial charge in [-0.3, -0.25) is 0 Å². The molecule has 1 N–H and O–H groups in total. The number of hydrogen-bond donors (Lipinski definition) is 1. The zero-order valence-corrected chi connectivity index (χ0v) is 13.6. The molecule has 1 saturated carbocycles. The maximum atomic E-state index is 10.3. The average Bonchev–Trinajstić information content (AvgIpc) is 2.36. The van der Waals surface area contributed by atoms with Gasteiger partial charge in [-0.2, -0.15) is 0 Å². The first kappa shape index (κ1) is 17.4. The molecule has 5 radical (unpaired) electrons. The molecule has 97 valence electrons. The molecule has 0 aliphatic heterocycles. The van der Waals surface area contributed by atoms with Crippen LogP contribution in [0.4, 0.5) is 0 Å². The Kier molecular flexibility index (Phi) is 8.28. The fourth-order valence-electron chi connectivity index (χ4n) is 2.30. The summed E-state index contributed by atoms with van der Waals surface area (Å²) in [4.78, 5) is 0. The van der Waals surface area contributed by atoms with E-state index in [1.54, 1.807) is 0 Å². The lowest BCUT2D eigenvalue weighted by atomic mass is 9.74. The molecule has 18 heavy (non-hydrogen) atoms. The number of hydrogen-bond acceptors (Lipinski definition) is 4. The van der Waals surface area contributed by atoms with Crippen LogP contribution in [0.15, 0.2) is 0 Å². The third-order valence-corrected chi connectivity index (χ3v) is 4.49. The Morgan fingerprint density at radius 1 is 1.06 bits per heavy atom. The van der Waals surface area contributed by atoms with E-state index in [1.165, 1.54) is 7.20 Å². The summed E-state index contributed by atoms with van der Waals surface area (Å²) >= 11 is 0. The highest BCUT2D eigenvalue weighted by atomic mass is 31.1. The van der Waals surface area contributed by atoms with Crippen molar-refractivity contribution < 1.29 is 18.8 Å². The third kappa shape index (κ3) is 3.92. The Morgan fingerprint density at radius 3 is 2.11 bits per heavy atom. The molecule has 0 spiro atoms. The molecule has 1 rings (SSSR count). The van der Waals surface area contributed by atoms with Crippen LogP contribution in [0.1, 0.15) is 13.8 Å². The third-order valence-electron chi connectivity index (χ3n) is 3.51. The largest absolute Gasteiger partial charge is 0.427 e. The van der Waals surface area contributed by atoms with Crippen LogP contribution in [0, 0.1) is 11.8 Å². The molecule has 0 saturated heterocycles. The van der Waals surface area contributed by atoms with Gasteiger partial charge in [0, 0.05) is 0 Å². The van der Waals surface area contributed by atoms with E-state index < -0.39 is 18.3 Å². The van der Waals surface area contributed by atoms with Crippen LogP contribution in [-0.2, 0) is 13.7 Å². The molecule has 1 aliphatic carbocycles. The van der Waals surface area contributed by atoms with Gasteiger partial charge in [0.15, 0.2) is 0 Å². The fraction of sp³-hybridized carbons (Fsp3) is 1.00. The first-order chi connectivity index (χ1) is 8.58. The van der Waals surface area contributed by atoms with E-state index >= 15 is 0 Å². The van der Waals surface area contributed by atoms with E-state index in [9.17, 15) is 5.11 Å². The Bertz CT molecular complexity index is 234. The molecule has 4 nitrogen and oxygen atoms in total. The number of rotatable bonds is 6. The maximum absolute atomic E-state index is 10.3. The van der Waals surface area contributed by atoms with Crippen molar-refractivity contribution >= 4 is 48.8 Å². The molecule has 1 aliphatic rings. The highest BCUT2D eigenvalue weighted by Crippen LogP contribution is 2.39. The molecule has 0 bridgehead atoms. The van der Waals surface area contributed by atoms with Gasteiger partial charge in [0.2, 0.25) is 0 Å². The van der Waals surface area contributed by atoms with Gasteiger partial charge < -0.3 is 18.8 Å². The van der Waals surface area contributed by atoms with Crippen LogP contribution in [0.2, 0.25) is 0 Å². The van der Waals surface area contributed by atoms with Gasteiger partial charge in [0.05, 0.1) is 18.3 Å². The molecule has 0 aromatic rings. The Balaban J connectivity index is 2.90. The van der Waals surface area contributed by atoms with Gasteiger partial charge in [-0.15, -0.1) is 9.12 Å². The monoisotopic (exact) mass is 303 g/mol. The maximum Gasteiger partial charge on any atom is 0.318 e. The fourth-order valence-corrected chi connectivity index (χ4v) is 3.42. The zero-order valence-electron chi connectivity index (χ0n) is 10.4. The van der Waals surface area contributed by atoms with E-state index in [-0.39, 0.29) is 35.3 Å². The van der Waals surface area contributed by atoms with Crippen LogP contribution in [0.25, 0.3) is 0 Å². The predicted octanol–water partition coefficient (Wildman–Crippen LogP) is 0.552. The van der Waals surface area contributed by atoms with E-state index in [0.717, 1.165) is 0 Å². The quantitative estimate of drug-likeness (QED) is 0.575. The summed E-state index contributed by atoms with van der Waals surface area (Å²) in [7, 11) is 14.4. The SMILES string of the molecule is [B]POC1C(C)C(C)C(O)C(O[B]P)C1OP[B]. The molecule has 0 aromatic carbocycles. The smallest absolute Gasteiger partial charge is 0.318 e. The topological polar surface area (TPSA) is 47.9 Å². The molecule has 0 aromatic heterocycles. The van der Waals surface area contributed by atoms with Crippen molar-refractivity contribution in [1.29, 1.82) is 0 Å². The summed E-state index contributed by atoms with van der Waals surface area (Å²) < 4.78 is 16.5. The van der Waals surface area contributed by atoms with Crippen molar-refractivity contribution in [3.05, 3.63) is 0 Å². The minimum atomic E-state index is -0.626. The highest BCUT2D eigenvalue weighted by Gasteiger charge is 2.48. The minimum Gasteiger partial charge on any atom is -0.427 e. The second kappa shape index (κ2) is 8.58. The standard InChI is InChI=1S/C8H17B3O4P3/c1-3-4(2)6(14-17-9)8(15-18-10)7(5(3)12)13-11-16/h3-8,12,17-18H,16H2,1-2H3. The molecule has 1 fully saturated rings. The molecular formula is C8H17B3O4P3. The summed E-state index contributed by atoms with van der Waals surface area (Å²) in [5.74, 6) is 0.143. The molecule has 10 heteroatoms. The summed E-state index contributed by atoms with van der Waals surface area (Å²) in [5.41, 5.74) is 0. The van der Waals surface area contributed by atoms with Crippen molar-refractivity contribution in [3.63, 3.8) is 0 Å². The molecule has 9 atom stereocenters. The van der Waals surface area contributed by atoms with Crippen LogP contribution >= 0.6 is 26.5 Å². The summed E-state index contributed by atoms with van der Waals surface area (Å²) in [6.07, 6.45) is -1.76. The van der Waals surface area contributed by atoms with Gasteiger partial charge in [-0.05, 0) is 29.2 Å². The molecular weight excluding hydrogens is 285 g/mol. The van der Waals surface area contributed by atoms with Crippen LogP contribution in [0.5, 0.6) is 0 Å². The summed E-state index contributed by atoms with van der Waals surface area (Å²) in [5, 5.41) is 10.3. The van der Waals surface area contributed by atoms with Crippen molar-refractivity contribution in [3.8, 4) is 0 Å². The van der Waals surface area contributed by atoms with Crippen LogP contribution < -0.4 is 0 Å². The predicted molar refractivity (Wildman–Crippen MR) is 82.6 cm³/mol. The van der Waals surface area contributed by atoms with Crippen molar-refractivity contribution in [1.82, 2.24) is 0 Å². The lowest BCUT2D eigenvalue weighted by Crippen LogP contribution is -2.58. The Hall–Kier alpha value is 1.32. The highest BCUT2D eigenvalue weighted by molar-refractivity contribution is 7.62. The lowest BCUT2D eigenvalue weighted by molar-refractivity contribution is -0.144. The second-order valence-corrected chi connectivity index (χ2v) is 5.56. The lowest BCUT2D eigenvalue weighted by Gasteiger charge is -2.47. The Labute approximate surface area is 118 Å². The first-order valence-corrected chi connectivity index (χ1v) is 8.31. The van der Waals surface area contributed by atoms with E-state index in [1.807, 2.05) is 13.8 Å². The van der Waals surface area contributed by atoms with Gasteiger partial charge in [-0.1, -0.05) is 13.8 Å². The molecule has 0 amide bonds. The van der Waals surface area contributed by atoms with E-state index in [2.05, 4.69) is 9.12 Å². The van der Waals surface area contributed by atoms with Crippen LogP contribution in [-0.4, -0.2) is 51.9 Å². The normalized spacial score (nSPS) is 42.0. The number of aliphatic hydroxyl groups is 1. The van der Waals surface area contributed by atoms with E-state index in [0.29, 0.717) is 0 Å².